The van der Waals surface area contributed by atoms with Crippen molar-refractivity contribution >= 4 is 17.9 Å². The van der Waals surface area contributed by atoms with Crippen LogP contribution in [0.25, 0.3) is 0 Å². The van der Waals surface area contributed by atoms with Gasteiger partial charge in [0, 0.05) is 19.3 Å². The third-order valence-corrected chi connectivity index (χ3v) is 9.10. The van der Waals surface area contributed by atoms with E-state index in [-0.39, 0.29) is 37.5 Å². The molecule has 0 aliphatic rings. The third kappa shape index (κ3) is 46.2. The van der Waals surface area contributed by atoms with E-state index in [0.717, 1.165) is 122 Å². The van der Waals surface area contributed by atoms with E-state index >= 15 is 0 Å². The maximum absolute atomic E-state index is 12.8. The Kier molecular flexibility index (Phi) is 44.3. The zero-order chi connectivity index (χ0) is 44.4. The molecule has 338 valence electrons. The second kappa shape index (κ2) is 48.0. The molecule has 0 aromatic rings. The number of carbonyl (C=O) groups excluding carboxylic acids is 3. The van der Waals surface area contributed by atoms with E-state index in [2.05, 4.69) is 87.6 Å². The van der Waals surface area contributed by atoms with Gasteiger partial charge < -0.3 is 14.2 Å². The van der Waals surface area contributed by atoms with Crippen LogP contribution in [-0.4, -0.2) is 37.2 Å². The van der Waals surface area contributed by atoms with Crippen LogP contribution in [0.1, 0.15) is 162 Å². The Morgan fingerprint density at radius 3 is 0.934 bits per heavy atom. The first-order chi connectivity index (χ1) is 30.0. The topological polar surface area (TPSA) is 78.9 Å². The Morgan fingerprint density at radius 2 is 0.590 bits per heavy atom. The van der Waals surface area contributed by atoms with E-state index in [0.29, 0.717) is 12.8 Å². The molecule has 0 heterocycles. The van der Waals surface area contributed by atoms with Crippen LogP contribution < -0.4 is 0 Å². The summed E-state index contributed by atoms with van der Waals surface area (Å²) in [6, 6.07) is 0. The van der Waals surface area contributed by atoms with Gasteiger partial charge in [0.05, 0.1) is 0 Å². The van der Waals surface area contributed by atoms with E-state index in [9.17, 15) is 14.4 Å². The predicted octanol–water partition coefficient (Wildman–Crippen LogP) is 15.3. The lowest BCUT2D eigenvalue weighted by Gasteiger charge is -2.18. The third-order valence-electron chi connectivity index (χ3n) is 9.10. The molecule has 0 amide bonds. The van der Waals surface area contributed by atoms with Gasteiger partial charge in [0.25, 0.3) is 0 Å². The molecule has 0 saturated carbocycles. The number of unbranched alkanes of at least 4 members (excludes halogenated alkanes) is 13. The summed E-state index contributed by atoms with van der Waals surface area (Å²) in [7, 11) is 0. The number of esters is 3. The smallest absolute Gasteiger partial charge is 0.306 e. The summed E-state index contributed by atoms with van der Waals surface area (Å²) >= 11 is 0. The standard InChI is InChI=1S/C55H82O6/c1-4-7-10-13-16-19-22-25-27-30-33-36-39-42-45-48-54(57)60-51-52(50-59-53(56)47-44-41-38-35-32-29-24-21-18-15-12-9-6-3)61-55(58)49-46-43-40-37-34-31-28-26-23-20-17-14-11-8-5-2/h7-28,30,33,52H,4-6,29,31-32,34-51H2,1-3H3/b10-7-,11-8-,12-9-,16-13-,17-14-,18-15-,22-19-,23-20-,24-21-,27-25-,28-26-,33-30-. The normalized spacial score (nSPS) is 13.4. The van der Waals surface area contributed by atoms with Crippen LogP contribution >= 0.6 is 0 Å². The van der Waals surface area contributed by atoms with Crippen LogP contribution in [0, 0.1) is 0 Å². The van der Waals surface area contributed by atoms with Crippen LogP contribution in [0.2, 0.25) is 0 Å². The fourth-order valence-corrected chi connectivity index (χ4v) is 5.65. The monoisotopic (exact) mass is 839 g/mol. The van der Waals surface area contributed by atoms with Gasteiger partial charge >= 0.3 is 17.9 Å². The largest absolute Gasteiger partial charge is 0.462 e. The molecule has 0 N–H and O–H groups in total. The fourth-order valence-electron chi connectivity index (χ4n) is 5.65. The molecular weight excluding hydrogens is 757 g/mol. The first kappa shape index (κ1) is 56.3. The Balaban J connectivity index is 4.59. The molecule has 0 aromatic carbocycles. The van der Waals surface area contributed by atoms with E-state index in [1.807, 2.05) is 79.0 Å². The molecule has 0 aromatic heterocycles. The minimum atomic E-state index is -0.822. The van der Waals surface area contributed by atoms with Gasteiger partial charge in [0.1, 0.15) is 13.2 Å². The molecule has 0 bridgehead atoms. The number of rotatable bonds is 39. The Labute approximate surface area is 372 Å². The molecule has 0 radical (unpaired) electrons. The van der Waals surface area contributed by atoms with Gasteiger partial charge in [-0.15, -0.1) is 0 Å². The van der Waals surface area contributed by atoms with Gasteiger partial charge in [-0.2, -0.15) is 0 Å². The lowest BCUT2D eigenvalue weighted by atomic mass is 10.1. The average Bonchev–Trinajstić information content (AvgIpc) is 3.26. The summed E-state index contributed by atoms with van der Waals surface area (Å²) in [6.45, 7) is 6.11. The Bertz CT molecular complexity index is 1430. The summed E-state index contributed by atoms with van der Waals surface area (Å²) in [5.41, 5.74) is 0. The molecule has 0 saturated heterocycles. The second-order valence-corrected chi connectivity index (χ2v) is 14.8. The maximum atomic E-state index is 12.8. The molecule has 1 atom stereocenters. The highest BCUT2D eigenvalue weighted by molar-refractivity contribution is 5.71. The highest BCUT2D eigenvalue weighted by Crippen LogP contribution is 2.12. The highest BCUT2D eigenvalue weighted by Gasteiger charge is 2.19. The molecule has 1 unspecified atom stereocenters. The molecule has 0 spiro atoms. The lowest BCUT2D eigenvalue weighted by molar-refractivity contribution is -0.167. The van der Waals surface area contributed by atoms with Gasteiger partial charge in [0.2, 0.25) is 0 Å². The van der Waals surface area contributed by atoms with Crippen molar-refractivity contribution in [2.45, 2.75) is 168 Å². The number of ether oxygens (including phenoxy) is 3. The summed E-state index contributed by atoms with van der Waals surface area (Å²) in [5.74, 6) is -1.02. The number of allylic oxidation sites excluding steroid dienone is 24. The molecule has 61 heavy (non-hydrogen) atoms. The number of hydrogen-bond acceptors (Lipinski definition) is 6. The van der Waals surface area contributed by atoms with Crippen molar-refractivity contribution in [2.75, 3.05) is 13.2 Å². The van der Waals surface area contributed by atoms with Gasteiger partial charge in [0.15, 0.2) is 6.10 Å². The zero-order valence-electron chi connectivity index (χ0n) is 38.4. The van der Waals surface area contributed by atoms with Crippen molar-refractivity contribution < 1.29 is 28.6 Å². The average molecular weight is 839 g/mol. The molecule has 6 heteroatoms. The first-order valence-corrected chi connectivity index (χ1v) is 23.5. The van der Waals surface area contributed by atoms with Crippen molar-refractivity contribution in [1.82, 2.24) is 0 Å². The Hall–Kier alpha value is -4.71. The van der Waals surface area contributed by atoms with Gasteiger partial charge in [-0.1, -0.05) is 212 Å². The predicted molar refractivity (Wildman–Crippen MR) is 260 cm³/mol. The minimum absolute atomic E-state index is 0.120. The van der Waals surface area contributed by atoms with Crippen LogP contribution in [-0.2, 0) is 28.6 Å². The van der Waals surface area contributed by atoms with Crippen LogP contribution in [0.5, 0.6) is 0 Å². The van der Waals surface area contributed by atoms with Crippen molar-refractivity contribution in [3.63, 3.8) is 0 Å². The van der Waals surface area contributed by atoms with Crippen LogP contribution in [0.15, 0.2) is 146 Å². The highest BCUT2D eigenvalue weighted by atomic mass is 16.6. The molecule has 0 aliphatic carbocycles. The number of carbonyl (C=O) groups is 3. The second-order valence-electron chi connectivity index (χ2n) is 14.8. The van der Waals surface area contributed by atoms with E-state index in [1.54, 1.807) is 0 Å². The van der Waals surface area contributed by atoms with E-state index in [4.69, 9.17) is 14.2 Å². The Morgan fingerprint density at radius 1 is 0.328 bits per heavy atom. The molecular formula is C55H82O6. The fraction of sp³-hybridized carbons (Fsp3) is 0.509. The summed E-state index contributed by atoms with van der Waals surface area (Å²) in [5, 5.41) is 0. The van der Waals surface area contributed by atoms with Crippen molar-refractivity contribution in [3.05, 3.63) is 146 Å². The lowest BCUT2D eigenvalue weighted by Crippen LogP contribution is -2.30. The van der Waals surface area contributed by atoms with Crippen molar-refractivity contribution in [1.29, 1.82) is 0 Å². The molecule has 0 fully saturated rings. The summed E-state index contributed by atoms with van der Waals surface area (Å²) in [6.07, 6.45) is 68.2. The molecule has 0 rings (SSSR count). The van der Waals surface area contributed by atoms with Crippen LogP contribution in [0.4, 0.5) is 0 Å². The summed E-state index contributed by atoms with van der Waals surface area (Å²) in [4.78, 5) is 37.9. The van der Waals surface area contributed by atoms with Gasteiger partial charge in [-0.05, 0) is 77.0 Å². The quantitative estimate of drug-likeness (QED) is 0.0265. The van der Waals surface area contributed by atoms with Gasteiger partial charge in [-0.3, -0.25) is 14.4 Å². The minimum Gasteiger partial charge on any atom is -0.462 e. The van der Waals surface area contributed by atoms with Gasteiger partial charge in [-0.25, -0.2) is 0 Å². The molecule has 0 aliphatic heterocycles. The van der Waals surface area contributed by atoms with E-state index in [1.165, 1.54) is 0 Å². The maximum Gasteiger partial charge on any atom is 0.306 e. The van der Waals surface area contributed by atoms with Crippen LogP contribution in [0.3, 0.4) is 0 Å². The first-order valence-electron chi connectivity index (χ1n) is 23.5. The van der Waals surface area contributed by atoms with Crippen molar-refractivity contribution in [2.24, 2.45) is 0 Å². The number of hydrogen-bond donors (Lipinski definition) is 0. The zero-order valence-corrected chi connectivity index (χ0v) is 38.4. The SMILES string of the molecule is CC\C=C/C=C\C=C/C=C\C=C/CCCCCC(=O)OCC(COC(=O)CCCCCCC\C=C/C=C\C=C/CC)OC(=O)CCCCCCC\C=C/C=C\C=C/C=C\CC. The van der Waals surface area contributed by atoms with Crippen molar-refractivity contribution in [3.8, 4) is 0 Å². The summed E-state index contributed by atoms with van der Waals surface area (Å²) < 4.78 is 16.7. The van der Waals surface area contributed by atoms with E-state index < -0.39 is 6.10 Å². The molecule has 6 nitrogen and oxygen atoms in total.